The second kappa shape index (κ2) is 10.6. The zero-order valence-electron chi connectivity index (χ0n) is 20.6. The van der Waals surface area contributed by atoms with E-state index in [1.165, 1.54) is 12.1 Å². The Kier molecular flexibility index (Phi) is 8.05. The zero-order valence-corrected chi connectivity index (χ0v) is 20.6. The quantitative estimate of drug-likeness (QED) is 0.586. The fourth-order valence-electron chi connectivity index (χ4n) is 4.69. The average molecular weight is 457 g/mol. The first-order chi connectivity index (χ1) is 15.6. The molecule has 7 heteroatoms. The molecule has 0 radical (unpaired) electrons. The van der Waals surface area contributed by atoms with Gasteiger partial charge in [0.05, 0.1) is 5.69 Å². The van der Waals surface area contributed by atoms with Gasteiger partial charge < -0.3 is 14.8 Å². The lowest BCUT2D eigenvalue weighted by molar-refractivity contribution is -0.125. The predicted octanol–water partition coefficient (Wildman–Crippen LogP) is 4.68. The van der Waals surface area contributed by atoms with Gasteiger partial charge in [-0.05, 0) is 56.8 Å². The van der Waals surface area contributed by atoms with Gasteiger partial charge in [-0.2, -0.15) is 0 Å². The molecular formula is C26H37FN4O2. The van der Waals surface area contributed by atoms with Gasteiger partial charge in [-0.3, -0.25) is 9.59 Å². The Morgan fingerprint density at radius 3 is 2.67 bits per heavy atom. The summed E-state index contributed by atoms with van der Waals surface area (Å²) < 4.78 is 16.0. The van der Waals surface area contributed by atoms with Crippen molar-refractivity contribution in [3.63, 3.8) is 0 Å². The van der Waals surface area contributed by atoms with Crippen LogP contribution in [0.2, 0.25) is 0 Å². The standard InChI is InChI=1S/C26H37FN4O2/c1-26(2,3)16-19(25(33)28-4)10-7-12-22(32)23-21-17-30(5)13-8-14-31(21)24(29-23)18-9-6-11-20(27)15-18/h6,9,11,15,19H,7-8,10,12-14,16-17H2,1-5H3,(H,28,33)/t19-/m0/s1. The highest BCUT2D eigenvalue weighted by Crippen LogP contribution is 2.30. The number of aromatic nitrogens is 2. The zero-order chi connectivity index (χ0) is 24.2. The Labute approximate surface area is 196 Å². The van der Waals surface area contributed by atoms with E-state index in [2.05, 4.69) is 35.6 Å². The highest BCUT2D eigenvalue weighted by Gasteiger charge is 2.27. The van der Waals surface area contributed by atoms with Crippen LogP contribution in [0, 0.1) is 17.2 Å². The van der Waals surface area contributed by atoms with E-state index in [1.54, 1.807) is 13.1 Å². The summed E-state index contributed by atoms with van der Waals surface area (Å²) in [6.07, 6.45) is 3.35. The van der Waals surface area contributed by atoms with Gasteiger partial charge in [0.2, 0.25) is 5.91 Å². The van der Waals surface area contributed by atoms with Crippen LogP contribution in [0.1, 0.15) is 69.1 Å². The fraction of sp³-hybridized carbons (Fsp3) is 0.577. The van der Waals surface area contributed by atoms with E-state index in [9.17, 15) is 14.0 Å². The molecule has 0 fully saturated rings. The van der Waals surface area contributed by atoms with Crippen LogP contribution >= 0.6 is 0 Å². The molecule has 1 amide bonds. The minimum absolute atomic E-state index is 0.0110. The van der Waals surface area contributed by atoms with Gasteiger partial charge in [0.15, 0.2) is 5.78 Å². The van der Waals surface area contributed by atoms with Crippen molar-refractivity contribution in [2.24, 2.45) is 11.3 Å². The Hall–Kier alpha value is -2.54. The Morgan fingerprint density at radius 2 is 2.00 bits per heavy atom. The third kappa shape index (κ3) is 6.50. The van der Waals surface area contributed by atoms with E-state index < -0.39 is 0 Å². The van der Waals surface area contributed by atoms with Crippen molar-refractivity contribution in [2.45, 2.75) is 66.0 Å². The number of nitrogens with zero attached hydrogens (tertiary/aromatic N) is 3. The molecule has 0 unspecified atom stereocenters. The normalized spacial score (nSPS) is 15.6. The summed E-state index contributed by atoms with van der Waals surface area (Å²) in [5.41, 5.74) is 2.10. The molecule has 0 aliphatic carbocycles. The molecule has 1 aliphatic heterocycles. The maximum atomic E-state index is 13.9. The van der Waals surface area contributed by atoms with E-state index in [1.807, 2.05) is 13.1 Å². The van der Waals surface area contributed by atoms with Gasteiger partial charge in [0, 0.05) is 38.0 Å². The van der Waals surface area contributed by atoms with Crippen molar-refractivity contribution in [2.75, 3.05) is 20.6 Å². The summed E-state index contributed by atoms with van der Waals surface area (Å²) in [6, 6.07) is 6.39. The summed E-state index contributed by atoms with van der Waals surface area (Å²) in [5, 5.41) is 2.76. The van der Waals surface area contributed by atoms with Crippen molar-refractivity contribution in [1.29, 1.82) is 0 Å². The molecule has 0 spiro atoms. The van der Waals surface area contributed by atoms with Crippen LogP contribution in [0.25, 0.3) is 11.4 Å². The first kappa shape index (κ1) is 25.1. The summed E-state index contributed by atoms with van der Waals surface area (Å²) in [6.45, 7) is 8.68. The molecule has 3 rings (SSSR count). The van der Waals surface area contributed by atoms with Gasteiger partial charge in [-0.1, -0.05) is 32.9 Å². The van der Waals surface area contributed by atoms with Crippen molar-refractivity contribution in [3.8, 4) is 11.4 Å². The van der Waals surface area contributed by atoms with Crippen molar-refractivity contribution >= 4 is 11.7 Å². The van der Waals surface area contributed by atoms with E-state index in [0.29, 0.717) is 42.9 Å². The minimum Gasteiger partial charge on any atom is -0.359 e. The molecule has 1 aliphatic rings. The highest BCUT2D eigenvalue weighted by molar-refractivity contribution is 5.96. The van der Waals surface area contributed by atoms with E-state index in [4.69, 9.17) is 4.98 Å². The number of imidazole rings is 1. The number of ketones is 1. The lowest BCUT2D eigenvalue weighted by atomic mass is 9.82. The molecule has 2 heterocycles. The molecule has 1 N–H and O–H groups in total. The SMILES string of the molecule is CNC(=O)[C@@H](CCCC(=O)c1nc(-c2cccc(F)c2)n2c1CN(C)CCC2)CC(C)(C)C. The first-order valence-corrected chi connectivity index (χ1v) is 11.9. The number of amides is 1. The van der Waals surface area contributed by atoms with E-state index in [-0.39, 0.29) is 28.8 Å². The highest BCUT2D eigenvalue weighted by atomic mass is 19.1. The van der Waals surface area contributed by atoms with Crippen LogP contribution in [-0.4, -0.2) is 46.8 Å². The monoisotopic (exact) mass is 456 g/mol. The van der Waals surface area contributed by atoms with Crippen LogP contribution < -0.4 is 5.32 Å². The second-order valence-corrected chi connectivity index (χ2v) is 10.4. The third-order valence-electron chi connectivity index (χ3n) is 6.19. The lowest BCUT2D eigenvalue weighted by Crippen LogP contribution is -2.30. The molecule has 33 heavy (non-hydrogen) atoms. The molecule has 180 valence electrons. The largest absolute Gasteiger partial charge is 0.359 e. The molecule has 2 aromatic rings. The Bertz CT molecular complexity index is 993. The molecular weight excluding hydrogens is 419 g/mol. The molecule has 6 nitrogen and oxygen atoms in total. The number of hydrogen-bond donors (Lipinski definition) is 1. The fourth-order valence-corrected chi connectivity index (χ4v) is 4.69. The number of benzene rings is 1. The molecule has 1 aromatic carbocycles. The second-order valence-electron chi connectivity index (χ2n) is 10.4. The van der Waals surface area contributed by atoms with Crippen LogP contribution in [0.5, 0.6) is 0 Å². The number of carbonyl (C=O) groups is 2. The Balaban J connectivity index is 1.81. The molecule has 1 atom stereocenters. The van der Waals surface area contributed by atoms with Gasteiger partial charge in [0.25, 0.3) is 0 Å². The van der Waals surface area contributed by atoms with Gasteiger partial charge in [-0.25, -0.2) is 9.37 Å². The van der Waals surface area contributed by atoms with E-state index >= 15 is 0 Å². The van der Waals surface area contributed by atoms with Gasteiger partial charge in [0.1, 0.15) is 17.3 Å². The lowest BCUT2D eigenvalue weighted by Gasteiger charge is -2.24. The third-order valence-corrected chi connectivity index (χ3v) is 6.19. The smallest absolute Gasteiger partial charge is 0.222 e. The topological polar surface area (TPSA) is 67.2 Å². The summed E-state index contributed by atoms with van der Waals surface area (Å²) >= 11 is 0. The average Bonchev–Trinajstić information content (AvgIpc) is 2.98. The maximum Gasteiger partial charge on any atom is 0.222 e. The number of fused-ring (bicyclic) bond motifs is 1. The van der Waals surface area contributed by atoms with Crippen LogP contribution in [0.3, 0.4) is 0 Å². The van der Waals surface area contributed by atoms with E-state index in [0.717, 1.165) is 31.6 Å². The number of carbonyl (C=O) groups excluding carboxylic acids is 2. The van der Waals surface area contributed by atoms with Crippen molar-refractivity contribution in [1.82, 2.24) is 19.8 Å². The predicted molar refractivity (Wildman–Crippen MR) is 128 cm³/mol. The number of halogens is 1. The van der Waals surface area contributed by atoms with Gasteiger partial charge >= 0.3 is 0 Å². The number of Topliss-reactive ketones (excluding diaryl/α,β-unsaturated/α-hetero) is 1. The van der Waals surface area contributed by atoms with Crippen molar-refractivity contribution in [3.05, 3.63) is 41.5 Å². The Morgan fingerprint density at radius 1 is 1.24 bits per heavy atom. The molecule has 0 saturated carbocycles. The van der Waals surface area contributed by atoms with Crippen molar-refractivity contribution < 1.29 is 14.0 Å². The summed E-state index contributed by atoms with van der Waals surface area (Å²) in [4.78, 5) is 32.5. The molecule has 0 saturated heterocycles. The minimum atomic E-state index is -0.317. The van der Waals surface area contributed by atoms with Crippen LogP contribution in [0.15, 0.2) is 24.3 Å². The number of hydrogen-bond acceptors (Lipinski definition) is 4. The maximum absolute atomic E-state index is 13.9. The molecule has 0 bridgehead atoms. The summed E-state index contributed by atoms with van der Waals surface area (Å²) in [7, 11) is 3.70. The summed E-state index contributed by atoms with van der Waals surface area (Å²) in [5.74, 6) is 0.240. The number of rotatable bonds is 8. The van der Waals surface area contributed by atoms with Crippen LogP contribution in [0.4, 0.5) is 4.39 Å². The van der Waals surface area contributed by atoms with Gasteiger partial charge in [-0.15, -0.1) is 0 Å². The number of nitrogens with one attached hydrogen (secondary N) is 1. The molecule has 1 aromatic heterocycles. The first-order valence-electron chi connectivity index (χ1n) is 11.9. The van der Waals surface area contributed by atoms with Crippen LogP contribution in [-0.2, 0) is 17.9 Å².